The van der Waals surface area contributed by atoms with E-state index in [1.165, 1.54) is 7.11 Å². The van der Waals surface area contributed by atoms with Crippen LogP contribution in [0.15, 0.2) is 30.5 Å². The summed E-state index contributed by atoms with van der Waals surface area (Å²) in [4.78, 5) is 15.7. The van der Waals surface area contributed by atoms with Crippen LogP contribution < -0.4 is 5.73 Å². The van der Waals surface area contributed by atoms with Gasteiger partial charge in [-0.25, -0.2) is 0 Å². The molecule has 1 atom stereocenters. The normalized spacial score (nSPS) is 12.0. The van der Waals surface area contributed by atoms with Gasteiger partial charge in [-0.3, -0.25) is 9.78 Å². The predicted molar refractivity (Wildman–Crippen MR) is 87.9 cm³/mol. The number of carbonyl (C=O) groups is 1. The molecular weight excluding hydrogens is 300 g/mol. The third-order valence-corrected chi connectivity index (χ3v) is 4.12. The van der Waals surface area contributed by atoms with Crippen molar-refractivity contribution in [2.24, 2.45) is 5.73 Å². The van der Waals surface area contributed by atoms with E-state index >= 15 is 0 Å². The molecule has 0 aliphatic heterocycles. The average molecular weight is 319 g/mol. The van der Waals surface area contributed by atoms with E-state index in [1.54, 1.807) is 6.20 Å². The molecule has 0 saturated heterocycles. The van der Waals surface area contributed by atoms with Crippen molar-refractivity contribution in [1.82, 2.24) is 4.98 Å². The third kappa shape index (κ3) is 3.46. The number of aromatic nitrogens is 1. The van der Waals surface area contributed by atoms with Crippen LogP contribution in [0.4, 0.5) is 0 Å². The summed E-state index contributed by atoms with van der Waals surface area (Å²) in [6.07, 6.45) is 2.13. The van der Waals surface area contributed by atoms with Crippen molar-refractivity contribution in [3.63, 3.8) is 0 Å². The Bertz CT molecular complexity index is 701. The Kier molecular flexibility index (Phi) is 5.16. The van der Waals surface area contributed by atoms with Crippen molar-refractivity contribution in [2.75, 3.05) is 7.11 Å². The van der Waals surface area contributed by atoms with Gasteiger partial charge in [0.05, 0.1) is 7.11 Å². The number of carbonyl (C=O) groups excluding carboxylic acids is 1. The first-order valence-corrected chi connectivity index (χ1v) is 7.36. The fourth-order valence-electron chi connectivity index (χ4n) is 2.31. The maximum Gasteiger partial charge on any atom is 0.322 e. The first kappa shape index (κ1) is 16.5. The standard InChI is InChI=1S/C17H19ClN2O2/c1-10-11(2)20-7-6-14(10)12-4-5-13(15(18)8-12)9-16(19)17(21)22-3/h4-8,16H,9,19H2,1-3H3/t16-/m0/s1. The van der Waals surface area contributed by atoms with E-state index in [4.69, 9.17) is 17.3 Å². The smallest absolute Gasteiger partial charge is 0.322 e. The minimum atomic E-state index is -0.710. The molecule has 1 heterocycles. The summed E-state index contributed by atoms with van der Waals surface area (Å²) in [5, 5.41) is 0.589. The zero-order valence-electron chi connectivity index (χ0n) is 12.9. The Morgan fingerprint density at radius 3 is 2.73 bits per heavy atom. The number of hydrogen-bond acceptors (Lipinski definition) is 4. The molecule has 0 aliphatic rings. The molecule has 0 amide bonds. The number of nitrogens with zero attached hydrogens (tertiary/aromatic N) is 1. The maximum absolute atomic E-state index is 11.4. The summed E-state index contributed by atoms with van der Waals surface area (Å²) in [5.74, 6) is -0.444. The zero-order valence-corrected chi connectivity index (χ0v) is 13.6. The second kappa shape index (κ2) is 6.90. The molecule has 0 aliphatic carbocycles. The molecule has 0 bridgehead atoms. The van der Waals surface area contributed by atoms with Crippen LogP contribution in [0.3, 0.4) is 0 Å². The molecule has 116 valence electrons. The predicted octanol–water partition coefficient (Wildman–Crippen LogP) is 3.06. The fraction of sp³-hybridized carbons (Fsp3) is 0.294. The highest BCUT2D eigenvalue weighted by Gasteiger charge is 2.16. The molecule has 2 N–H and O–H groups in total. The molecule has 0 spiro atoms. The Hall–Kier alpha value is -1.91. The largest absolute Gasteiger partial charge is 0.468 e. The van der Waals surface area contributed by atoms with Crippen LogP contribution in [0.1, 0.15) is 16.8 Å². The van der Waals surface area contributed by atoms with E-state index in [2.05, 4.69) is 9.72 Å². The maximum atomic E-state index is 11.4. The van der Waals surface area contributed by atoms with Gasteiger partial charge in [-0.15, -0.1) is 0 Å². The van der Waals surface area contributed by atoms with Gasteiger partial charge in [-0.2, -0.15) is 0 Å². The van der Waals surface area contributed by atoms with Gasteiger partial charge in [-0.05, 0) is 54.7 Å². The van der Waals surface area contributed by atoms with Gasteiger partial charge in [-0.1, -0.05) is 23.7 Å². The van der Waals surface area contributed by atoms with Crippen molar-refractivity contribution in [3.05, 3.63) is 52.3 Å². The van der Waals surface area contributed by atoms with Crippen LogP contribution in [0.2, 0.25) is 5.02 Å². The molecule has 0 fully saturated rings. The van der Waals surface area contributed by atoms with Gasteiger partial charge in [0.1, 0.15) is 6.04 Å². The van der Waals surface area contributed by atoms with E-state index < -0.39 is 12.0 Å². The number of methoxy groups -OCH3 is 1. The van der Waals surface area contributed by atoms with E-state index in [1.807, 2.05) is 38.1 Å². The first-order valence-electron chi connectivity index (χ1n) is 6.98. The van der Waals surface area contributed by atoms with Crippen molar-refractivity contribution in [3.8, 4) is 11.1 Å². The third-order valence-electron chi connectivity index (χ3n) is 3.76. The van der Waals surface area contributed by atoms with Gasteiger partial charge >= 0.3 is 5.97 Å². The molecule has 0 saturated carbocycles. The minimum Gasteiger partial charge on any atom is -0.468 e. The number of ether oxygens (including phenoxy) is 1. The number of aryl methyl sites for hydroxylation is 1. The highest BCUT2D eigenvalue weighted by molar-refractivity contribution is 6.31. The van der Waals surface area contributed by atoms with E-state index in [0.29, 0.717) is 11.4 Å². The van der Waals surface area contributed by atoms with Crippen LogP contribution in [-0.2, 0) is 16.0 Å². The molecule has 1 aromatic carbocycles. The van der Waals surface area contributed by atoms with Gasteiger partial charge in [0.2, 0.25) is 0 Å². The molecular formula is C17H19ClN2O2. The van der Waals surface area contributed by atoms with Gasteiger partial charge < -0.3 is 10.5 Å². The Labute approximate surface area is 135 Å². The number of esters is 1. The molecule has 0 radical (unpaired) electrons. The van der Waals surface area contributed by atoms with Gasteiger partial charge in [0.15, 0.2) is 0 Å². The average Bonchev–Trinajstić information content (AvgIpc) is 2.51. The lowest BCUT2D eigenvalue weighted by atomic mass is 9.97. The molecule has 22 heavy (non-hydrogen) atoms. The van der Waals surface area contributed by atoms with E-state index in [-0.39, 0.29) is 0 Å². The summed E-state index contributed by atoms with van der Waals surface area (Å²) in [7, 11) is 1.32. The number of nitrogens with two attached hydrogens (primary N) is 1. The number of pyridine rings is 1. The van der Waals surface area contributed by atoms with Crippen LogP contribution in [0, 0.1) is 13.8 Å². The van der Waals surface area contributed by atoms with E-state index in [9.17, 15) is 4.79 Å². The van der Waals surface area contributed by atoms with E-state index in [0.717, 1.165) is 27.9 Å². The number of rotatable bonds is 4. The lowest BCUT2D eigenvalue weighted by molar-refractivity contribution is -0.142. The summed E-state index contributed by atoms with van der Waals surface area (Å²) in [6, 6.07) is 7.03. The summed E-state index contributed by atoms with van der Waals surface area (Å²) in [5.41, 5.74) is 10.8. The number of benzene rings is 1. The first-order chi connectivity index (χ1) is 10.4. The zero-order chi connectivity index (χ0) is 16.3. The second-order valence-electron chi connectivity index (χ2n) is 5.21. The molecule has 5 heteroatoms. The quantitative estimate of drug-likeness (QED) is 0.880. The summed E-state index contributed by atoms with van der Waals surface area (Å²) < 4.78 is 4.63. The number of hydrogen-bond donors (Lipinski definition) is 1. The SMILES string of the molecule is COC(=O)[C@@H](N)Cc1ccc(-c2ccnc(C)c2C)cc1Cl. The molecule has 0 unspecified atom stereocenters. The lowest BCUT2D eigenvalue weighted by Gasteiger charge is -2.13. The molecule has 2 rings (SSSR count). The highest BCUT2D eigenvalue weighted by Crippen LogP contribution is 2.29. The monoisotopic (exact) mass is 318 g/mol. The van der Waals surface area contributed by atoms with Gasteiger partial charge in [0, 0.05) is 16.9 Å². The molecule has 1 aromatic heterocycles. The number of halogens is 1. The van der Waals surface area contributed by atoms with Crippen LogP contribution in [0.5, 0.6) is 0 Å². The highest BCUT2D eigenvalue weighted by atomic mass is 35.5. The molecule has 2 aromatic rings. The minimum absolute atomic E-state index is 0.347. The van der Waals surface area contributed by atoms with Crippen LogP contribution in [-0.4, -0.2) is 24.1 Å². The Balaban J connectivity index is 2.30. The van der Waals surface area contributed by atoms with Crippen molar-refractivity contribution < 1.29 is 9.53 Å². The summed E-state index contributed by atoms with van der Waals surface area (Å²) >= 11 is 6.34. The lowest BCUT2D eigenvalue weighted by Crippen LogP contribution is -2.33. The second-order valence-corrected chi connectivity index (χ2v) is 5.62. The van der Waals surface area contributed by atoms with Crippen molar-refractivity contribution in [1.29, 1.82) is 0 Å². The summed E-state index contributed by atoms with van der Waals surface area (Å²) in [6.45, 7) is 4.01. The Morgan fingerprint density at radius 2 is 2.09 bits per heavy atom. The van der Waals surface area contributed by atoms with Crippen LogP contribution >= 0.6 is 11.6 Å². The van der Waals surface area contributed by atoms with Crippen molar-refractivity contribution >= 4 is 17.6 Å². The molecule has 4 nitrogen and oxygen atoms in total. The van der Waals surface area contributed by atoms with Gasteiger partial charge in [0.25, 0.3) is 0 Å². The topological polar surface area (TPSA) is 65.2 Å². The fourth-order valence-corrected chi connectivity index (χ4v) is 2.56. The Morgan fingerprint density at radius 1 is 1.36 bits per heavy atom. The van der Waals surface area contributed by atoms with Crippen LogP contribution in [0.25, 0.3) is 11.1 Å². The van der Waals surface area contributed by atoms with Crippen molar-refractivity contribution in [2.45, 2.75) is 26.3 Å².